The summed E-state index contributed by atoms with van der Waals surface area (Å²) in [6.45, 7) is 5.12. The lowest BCUT2D eigenvalue weighted by molar-refractivity contribution is -0.173. The number of rotatable bonds is 3. The number of alkyl halides is 3. The topological polar surface area (TPSA) is 70.5 Å². The maximum absolute atomic E-state index is 13.5. The molecule has 0 bridgehead atoms. The summed E-state index contributed by atoms with van der Waals surface area (Å²) in [6, 6.07) is -0.691. The number of amides is 2. The lowest BCUT2D eigenvalue weighted by Crippen LogP contribution is -2.38. The molecule has 1 aromatic rings. The number of hydrogen-bond donors (Lipinski definition) is 1. The number of aromatic nitrogens is 2. The average molecular weight is 413 g/mol. The summed E-state index contributed by atoms with van der Waals surface area (Å²) in [4.78, 5) is 28.5. The second kappa shape index (κ2) is 7.21. The highest BCUT2D eigenvalue weighted by molar-refractivity contribution is 5.89. The number of hydrogen-bond acceptors (Lipinski definition) is 4. The Labute approximate surface area is 167 Å². The molecule has 4 heterocycles. The predicted molar refractivity (Wildman–Crippen MR) is 99.1 cm³/mol. The van der Waals surface area contributed by atoms with Gasteiger partial charge in [-0.15, -0.1) is 0 Å². The van der Waals surface area contributed by atoms with Gasteiger partial charge in [-0.1, -0.05) is 0 Å². The van der Waals surface area contributed by atoms with Crippen molar-refractivity contribution in [1.29, 1.82) is 0 Å². The van der Waals surface area contributed by atoms with Gasteiger partial charge in [0.15, 0.2) is 6.04 Å². The SMILES string of the molecule is CCN1C[C@@H](C(=O)N2CCC[C@@H]2c2cc3n(n2)[C@@H](C(F)(F)F)C[C@@H](C)N3)CC1=O. The molecule has 0 aliphatic carbocycles. The molecule has 7 nitrogen and oxygen atoms in total. The van der Waals surface area contributed by atoms with Crippen molar-refractivity contribution in [2.24, 2.45) is 5.92 Å². The highest BCUT2D eigenvalue weighted by Crippen LogP contribution is 2.42. The van der Waals surface area contributed by atoms with Crippen LogP contribution in [0.2, 0.25) is 0 Å². The van der Waals surface area contributed by atoms with Crippen LogP contribution in [0.5, 0.6) is 0 Å². The smallest absolute Gasteiger partial charge is 0.368 e. The van der Waals surface area contributed by atoms with Crippen LogP contribution >= 0.6 is 0 Å². The number of anilines is 1. The van der Waals surface area contributed by atoms with E-state index in [1.54, 1.807) is 22.8 Å². The molecule has 160 valence electrons. The molecule has 0 spiro atoms. The predicted octanol–water partition coefficient (Wildman–Crippen LogP) is 2.72. The maximum Gasteiger partial charge on any atom is 0.410 e. The molecule has 3 aliphatic rings. The Bertz CT molecular complexity index is 808. The van der Waals surface area contributed by atoms with Gasteiger partial charge in [0.1, 0.15) is 5.82 Å². The van der Waals surface area contributed by atoms with E-state index in [1.165, 1.54) is 0 Å². The van der Waals surface area contributed by atoms with Gasteiger partial charge in [0.2, 0.25) is 11.8 Å². The molecule has 0 radical (unpaired) electrons. The van der Waals surface area contributed by atoms with Crippen molar-refractivity contribution in [3.8, 4) is 0 Å². The molecule has 0 unspecified atom stereocenters. The number of fused-ring (bicyclic) bond motifs is 1. The van der Waals surface area contributed by atoms with Crippen LogP contribution in [0.25, 0.3) is 0 Å². The standard InChI is InChI=1S/C19H26F3N5O2/c1-3-25-10-12(8-17(25)28)18(29)26-6-4-5-14(26)13-9-16-23-11(2)7-15(19(20,21)22)27(16)24-13/h9,11-12,14-15,23H,3-8,10H2,1-2H3/t11-,12+,14-,15-/m1/s1. The second-order valence-electron chi connectivity index (χ2n) is 8.26. The van der Waals surface area contributed by atoms with Crippen LogP contribution in [0.4, 0.5) is 19.0 Å². The average Bonchev–Trinajstić information content (AvgIpc) is 3.36. The molecule has 2 saturated heterocycles. The van der Waals surface area contributed by atoms with Crippen molar-refractivity contribution in [2.75, 3.05) is 25.0 Å². The zero-order chi connectivity index (χ0) is 20.9. The summed E-state index contributed by atoms with van der Waals surface area (Å²) >= 11 is 0. The summed E-state index contributed by atoms with van der Waals surface area (Å²) in [5, 5.41) is 7.35. The molecule has 4 rings (SSSR count). The van der Waals surface area contributed by atoms with E-state index in [2.05, 4.69) is 10.4 Å². The van der Waals surface area contributed by atoms with Crippen LogP contribution < -0.4 is 5.32 Å². The molecule has 29 heavy (non-hydrogen) atoms. The molecule has 3 aliphatic heterocycles. The third-order valence-corrected chi connectivity index (χ3v) is 6.22. The van der Waals surface area contributed by atoms with Crippen LogP contribution in [-0.4, -0.2) is 63.2 Å². The van der Waals surface area contributed by atoms with Crippen LogP contribution in [0.3, 0.4) is 0 Å². The van der Waals surface area contributed by atoms with E-state index in [-0.39, 0.29) is 42.7 Å². The Morgan fingerprint density at radius 1 is 1.38 bits per heavy atom. The minimum absolute atomic E-state index is 0.0229. The van der Waals surface area contributed by atoms with Crippen molar-refractivity contribution in [1.82, 2.24) is 19.6 Å². The first-order chi connectivity index (χ1) is 13.7. The van der Waals surface area contributed by atoms with Crippen LogP contribution in [-0.2, 0) is 9.59 Å². The van der Waals surface area contributed by atoms with Crippen molar-refractivity contribution >= 4 is 17.6 Å². The van der Waals surface area contributed by atoms with Crippen LogP contribution in [0.15, 0.2) is 6.07 Å². The first-order valence-electron chi connectivity index (χ1n) is 10.2. The van der Waals surface area contributed by atoms with Gasteiger partial charge >= 0.3 is 6.18 Å². The Morgan fingerprint density at radius 2 is 2.14 bits per heavy atom. The lowest BCUT2D eigenvalue weighted by atomic mass is 10.0. The minimum Gasteiger partial charge on any atom is -0.368 e. The Balaban J connectivity index is 1.57. The van der Waals surface area contributed by atoms with Gasteiger partial charge in [-0.25, -0.2) is 4.68 Å². The Kier molecular flexibility index (Phi) is 4.98. The molecule has 2 amide bonds. The molecule has 10 heteroatoms. The van der Waals surface area contributed by atoms with E-state index in [1.807, 2.05) is 6.92 Å². The minimum atomic E-state index is -4.38. The number of likely N-dealkylation sites (tertiary alicyclic amines) is 2. The third kappa shape index (κ3) is 3.57. The largest absolute Gasteiger partial charge is 0.410 e. The monoisotopic (exact) mass is 413 g/mol. The highest BCUT2D eigenvalue weighted by Gasteiger charge is 2.46. The first-order valence-corrected chi connectivity index (χ1v) is 10.2. The second-order valence-corrected chi connectivity index (χ2v) is 8.26. The number of nitrogens with one attached hydrogen (secondary N) is 1. The fourth-order valence-corrected chi connectivity index (χ4v) is 4.76. The maximum atomic E-state index is 13.5. The van der Waals surface area contributed by atoms with E-state index in [0.717, 1.165) is 11.1 Å². The van der Waals surface area contributed by atoms with Gasteiger partial charge in [-0.05, 0) is 33.1 Å². The van der Waals surface area contributed by atoms with Crippen molar-refractivity contribution in [3.63, 3.8) is 0 Å². The van der Waals surface area contributed by atoms with Crippen molar-refractivity contribution < 1.29 is 22.8 Å². The van der Waals surface area contributed by atoms with Crippen LogP contribution in [0, 0.1) is 5.92 Å². The summed E-state index contributed by atoms with van der Waals surface area (Å²) < 4.78 is 41.5. The highest BCUT2D eigenvalue weighted by atomic mass is 19.4. The zero-order valence-electron chi connectivity index (χ0n) is 16.6. The van der Waals surface area contributed by atoms with Crippen LogP contribution in [0.1, 0.15) is 57.3 Å². The normalized spacial score (nSPS) is 29.9. The fraction of sp³-hybridized carbons (Fsp3) is 0.737. The van der Waals surface area contributed by atoms with E-state index in [0.29, 0.717) is 37.6 Å². The van der Waals surface area contributed by atoms with E-state index >= 15 is 0 Å². The summed E-state index contributed by atoms with van der Waals surface area (Å²) in [6.07, 6.45) is -2.84. The summed E-state index contributed by atoms with van der Waals surface area (Å²) in [7, 11) is 0. The van der Waals surface area contributed by atoms with E-state index < -0.39 is 12.2 Å². The van der Waals surface area contributed by atoms with Crippen molar-refractivity contribution in [2.45, 2.75) is 63.8 Å². The number of halogens is 3. The number of carbonyl (C=O) groups excluding carboxylic acids is 2. The Morgan fingerprint density at radius 3 is 2.79 bits per heavy atom. The van der Waals surface area contributed by atoms with Gasteiger partial charge in [0, 0.05) is 38.2 Å². The molecular formula is C19H26F3N5O2. The van der Waals surface area contributed by atoms with Gasteiger partial charge in [-0.3, -0.25) is 9.59 Å². The van der Waals surface area contributed by atoms with Crippen molar-refractivity contribution in [3.05, 3.63) is 11.8 Å². The number of nitrogens with zero attached hydrogens (tertiary/aromatic N) is 4. The van der Waals surface area contributed by atoms with Gasteiger partial charge in [0.25, 0.3) is 0 Å². The quantitative estimate of drug-likeness (QED) is 0.827. The van der Waals surface area contributed by atoms with E-state index in [4.69, 9.17) is 0 Å². The number of carbonyl (C=O) groups is 2. The zero-order valence-corrected chi connectivity index (χ0v) is 16.6. The Hall–Kier alpha value is -2.26. The molecule has 0 saturated carbocycles. The lowest BCUT2D eigenvalue weighted by Gasteiger charge is -2.31. The van der Waals surface area contributed by atoms with Gasteiger partial charge in [-0.2, -0.15) is 18.3 Å². The van der Waals surface area contributed by atoms with Gasteiger partial charge < -0.3 is 15.1 Å². The van der Waals surface area contributed by atoms with Gasteiger partial charge in [0.05, 0.1) is 17.7 Å². The molecule has 1 N–H and O–H groups in total. The first kappa shape index (κ1) is 20.0. The molecular weight excluding hydrogens is 387 g/mol. The molecule has 0 aromatic carbocycles. The molecule has 2 fully saturated rings. The summed E-state index contributed by atoms with van der Waals surface area (Å²) in [5.41, 5.74) is 0.485. The molecule has 1 aromatic heterocycles. The third-order valence-electron chi connectivity index (χ3n) is 6.22. The van der Waals surface area contributed by atoms with E-state index in [9.17, 15) is 22.8 Å². The summed E-state index contributed by atoms with van der Waals surface area (Å²) in [5.74, 6) is -0.170. The fourth-order valence-electron chi connectivity index (χ4n) is 4.76. The molecule has 4 atom stereocenters.